The van der Waals surface area contributed by atoms with Crippen LogP contribution in [0.3, 0.4) is 0 Å². The summed E-state index contributed by atoms with van der Waals surface area (Å²) >= 11 is 0. The summed E-state index contributed by atoms with van der Waals surface area (Å²) in [7, 11) is 0. The monoisotopic (exact) mass is 226 g/mol. The van der Waals surface area contributed by atoms with E-state index in [4.69, 9.17) is 0 Å². The fraction of sp³-hybridized carbons (Fsp3) is 0.923. The summed E-state index contributed by atoms with van der Waals surface area (Å²) in [5, 5.41) is 6.34. The number of hydrogen-bond acceptors (Lipinski definition) is 2. The van der Waals surface area contributed by atoms with Gasteiger partial charge in [-0.15, -0.1) is 0 Å². The number of carbonyl (C=O) groups excluding carboxylic acids is 1. The van der Waals surface area contributed by atoms with E-state index in [-0.39, 0.29) is 11.4 Å². The normalized spacial score (nSPS) is 30.4. The molecule has 94 valence electrons. The standard InChI is InChI=1S/C13H26N2O/c1-9-6-7-11(10(9)2)14-8-12(16)15-13(3,4)5/h9-11,14H,6-8H2,1-5H3,(H,15,16). The van der Waals surface area contributed by atoms with Gasteiger partial charge in [0.1, 0.15) is 0 Å². The number of rotatable bonds is 3. The van der Waals surface area contributed by atoms with Gasteiger partial charge in [-0.05, 0) is 45.4 Å². The first-order chi connectivity index (χ1) is 7.29. The molecule has 16 heavy (non-hydrogen) atoms. The number of hydrogen-bond donors (Lipinski definition) is 2. The van der Waals surface area contributed by atoms with Crippen molar-refractivity contribution in [2.75, 3.05) is 6.54 Å². The Morgan fingerprint density at radius 3 is 2.31 bits per heavy atom. The van der Waals surface area contributed by atoms with E-state index in [0.29, 0.717) is 18.5 Å². The maximum atomic E-state index is 11.6. The largest absolute Gasteiger partial charge is 0.350 e. The molecule has 1 rings (SSSR count). The van der Waals surface area contributed by atoms with Gasteiger partial charge in [-0.1, -0.05) is 13.8 Å². The molecule has 3 atom stereocenters. The van der Waals surface area contributed by atoms with E-state index in [1.54, 1.807) is 0 Å². The predicted molar refractivity (Wildman–Crippen MR) is 67.2 cm³/mol. The van der Waals surface area contributed by atoms with Crippen molar-refractivity contribution in [2.24, 2.45) is 11.8 Å². The van der Waals surface area contributed by atoms with Gasteiger partial charge in [-0.25, -0.2) is 0 Å². The Hall–Kier alpha value is -0.570. The molecule has 0 aliphatic heterocycles. The highest BCUT2D eigenvalue weighted by atomic mass is 16.2. The topological polar surface area (TPSA) is 41.1 Å². The lowest BCUT2D eigenvalue weighted by atomic mass is 9.98. The van der Waals surface area contributed by atoms with Crippen molar-refractivity contribution in [3.05, 3.63) is 0 Å². The van der Waals surface area contributed by atoms with Gasteiger partial charge >= 0.3 is 0 Å². The van der Waals surface area contributed by atoms with Crippen LogP contribution in [-0.4, -0.2) is 24.0 Å². The van der Waals surface area contributed by atoms with E-state index in [1.165, 1.54) is 12.8 Å². The third kappa shape index (κ3) is 4.12. The van der Waals surface area contributed by atoms with Crippen molar-refractivity contribution >= 4 is 5.91 Å². The highest BCUT2D eigenvalue weighted by Gasteiger charge is 2.29. The summed E-state index contributed by atoms with van der Waals surface area (Å²) in [6.07, 6.45) is 2.48. The van der Waals surface area contributed by atoms with Gasteiger partial charge in [0.15, 0.2) is 0 Å². The molecule has 3 unspecified atom stereocenters. The smallest absolute Gasteiger partial charge is 0.234 e. The van der Waals surface area contributed by atoms with Crippen molar-refractivity contribution in [1.82, 2.24) is 10.6 Å². The molecule has 1 aliphatic carbocycles. The van der Waals surface area contributed by atoms with E-state index in [1.807, 2.05) is 20.8 Å². The SMILES string of the molecule is CC1CCC(NCC(=O)NC(C)(C)C)C1C. The van der Waals surface area contributed by atoms with Gasteiger partial charge in [0, 0.05) is 11.6 Å². The Bertz CT molecular complexity index is 245. The van der Waals surface area contributed by atoms with E-state index in [0.717, 1.165) is 5.92 Å². The molecule has 0 spiro atoms. The second kappa shape index (κ2) is 5.17. The first-order valence-corrected chi connectivity index (χ1v) is 6.34. The highest BCUT2D eigenvalue weighted by Crippen LogP contribution is 2.30. The van der Waals surface area contributed by atoms with Crippen molar-refractivity contribution in [2.45, 2.75) is 59.0 Å². The van der Waals surface area contributed by atoms with Crippen LogP contribution in [0.1, 0.15) is 47.5 Å². The molecular formula is C13H26N2O. The zero-order valence-electron chi connectivity index (χ0n) is 11.3. The number of carbonyl (C=O) groups is 1. The van der Waals surface area contributed by atoms with Crippen molar-refractivity contribution in [3.8, 4) is 0 Å². The Balaban J connectivity index is 2.27. The first kappa shape index (κ1) is 13.5. The molecule has 3 heteroatoms. The molecule has 1 saturated carbocycles. The minimum absolute atomic E-state index is 0.0965. The molecule has 1 fully saturated rings. The molecule has 0 heterocycles. The van der Waals surface area contributed by atoms with Crippen LogP contribution in [0.15, 0.2) is 0 Å². The maximum absolute atomic E-state index is 11.6. The van der Waals surface area contributed by atoms with Crippen molar-refractivity contribution < 1.29 is 4.79 Å². The lowest BCUT2D eigenvalue weighted by Gasteiger charge is -2.23. The summed E-state index contributed by atoms with van der Waals surface area (Å²) in [5.41, 5.74) is -0.132. The van der Waals surface area contributed by atoms with Crippen LogP contribution in [0, 0.1) is 11.8 Å². The maximum Gasteiger partial charge on any atom is 0.234 e. The van der Waals surface area contributed by atoms with Crippen LogP contribution in [0.5, 0.6) is 0 Å². The van der Waals surface area contributed by atoms with Crippen LogP contribution < -0.4 is 10.6 Å². The molecule has 0 aromatic heterocycles. The van der Waals surface area contributed by atoms with Crippen LogP contribution in [0.25, 0.3) is 0 Å². The minimum Gasteiger partial charge on any atom is -0.350 e. The van der Waals surface area contributed by atoms with Crippen molar-refractivity contribution in [1.29, 1.82) is 0 Å². The molecule has 0 aromatic rings. The van der Waals surface area contributed by atoms with Crippen molar-refractivity contribution in [3.63, 3.8) is 0 Å². The summed E-state index contributed by atoms with van der Waals surface area (Å²) in [5.74, 6) is 1.56. The van der Waals surface area contributed by atoms with Gasteiger partial charge in [-0.3, -0.25) is 4.79 Å². The molecule has 1 aliphatic rings. The molecule has 0 radical (unpaired) electrons. The van der Waals surface area contributed by atoms with Gasteiger partial charge in [0.2, 0.25) is 5.91 Å². The van der Waals surface area contributed by atoms with Gasteiger partial charge in [0.05, 0.1) is 6.54 Å². The minimum atomic E-state index is -0.132. The third-order valence-corrected chi connectivity index (χ3v) is 3.50. The fourth-order valence-electron chi connectivity index (χ4n) is 2.34. The van der Waals surface area contributed by atoms with Crippen LogP contribution >= 0.6 is 0 Å². The zero-order chi connectivity index (χ0) is 12.3. The zero-order valence-corrected chi connectivity index (χ0v) is 11.3. The summed E-state index contributed by atoms with van der Waals surface area (Å²) in [6.45, 7) is 11.0. The second-order valence-electron chi connectivity index (χ2n) is 6.20. The molecule has 3 nitrogen and oxygen atoms in total. The Morgan fingerprint density at radius 2 is 1.88 bits per heavy atom. The summed E-state index contributed by atoms with van der Waals surface area (Å²) in [4.78, 5) is 11.6. The average Bonchev–Trinajstić information content (AvgIpc) is 2.42. The van der Waals surface area contributed by atoms with Gasteiger partial charge in [0.25, 0.3) is 0 Å². The molecule has 0 aromatic carbocycles. The van der Waals surface area contributed by atoms with E-state index < -0.39 is 0 Å². The second-order valence-corrected chi connectivity index (χ2v) is 6.20. The predicted octanol–water partition coefficient (Wildman–Crippen LogP) is 1.93. The number of amides is 1. The van der Waals surface area contributed by atoms with E-state index in [2.05, 4.69) is 24.5 Å². The van der Waals surface area contributed by atoms with Crippen LogP contribution in [0.4, 0.5) is 0 Å². The third-order valence-electron chi connectivity index (χ3n) is 3.50. The molecule has 2 N–H and O–H groups in total. The van der Waals surface area contributed by atoms with Crippen LogP contribution in [-0.2, 0) is 4.79 Å². The highest BCUT2D eigenvalue weighted by molar-refractivity contribution is 5.78. The summed E-state index contributed by atoms with van der Waals surface area (Å²) < 4.78 is 0. The molecular weight excluding hydrogens is 200 g/mol. The molecule has 1 amide bonds. The number of nitrogens with one attached hydrogen (secondary N) is 2. The Morgan fingerprint density at radius 1 is 1.25 bits per heavy atom. The van der Waals surface area contributed by atoms with Crippen LogP contribution in [0.2, 0.25) is 0 Å². The molecule has 0 bridgehead atoms. The molecule has 0 saturated heterocycles. The lowest BCUT2D eigenvalue weighted by molar-refractivity contribution is -0.121. The Kier molecular flexibility index (Phi) is 4.36. The van der Waals surface area contributed by atoms with E-state index >= 15 is 0 Å². The van der Waals surface area contributed by atoms with Gasteiger partial charge < -0.3 is 10.6 Å². The quantitative estimate of drug-likeness (QED) is 0.772. The lowest BCUT2D eigenvalue weighted by Crippen LogP contribution is -2.47. The Labute approximate surface area is 99.4 Å². The van der Waals surface area contributed by atoms with E-state index in [9.17, 15) is 4.79 Å². The van der Waals surface area contributed by atoms with Gasteiger partial charge in [-0.2, -0.15) is 0 Å². The first-order valence-electron chi connectivity index (χ1n) is 6.34. The fourth-order valence-corrected chi connectivity index (χ4v) is 2.34. The average molecular weight is 226 g/mol. The summed E-state index contributed by atoms with van der Waals surface area (Å²) in [6, 6.07) is 0.515.